The molecule has 3 rings (SSSR count). The van der Waals surface area contributed by atoms with Crippen LogP contribution in [0.15, 0.2) is 48.5 Å². The third-order valence-electron chi connectivity index (χ3n) is 3.54. The number of aromatic nitrogens is 4. The summed E-state index contributed by atoms with van der Waals surface area (Å²) in [4.78, 5) is 11.7. The zero-order valence-corrected chi connectivity index (χ0v) is 12.6. The summed E-state index contributed by atoms with van der Waals surface area (Å²) >= 11 is 0. The number of rotatable bonds is 5. The van der Waals surface area contributed by atoms with E-state index in [1.165, 1.54) is 22.5 Å². The minimum absolute atomic E-state index is 0.0667. The highest BCUT2D eigenvalue weighted by Crippen LogP contribution is 2.16. The molecule has 0 aliphatic rings. The molecule has 0 atom stereocenters. The fourth-order valence-electron chi connectivity index (χ4n) is 2.20. The highest BCUT2D eigenvalue weighted by molar-refractivity contribution is 5.54. The smallest absolute Gasteiger partial charge is 0.258 e. The average molecular weight is 309 g/mol. The second kappa shape index (κ2) is 6.35. The first kappa shape index (κ1) is 14.8. The van der Waals surface area contributed by atoms with Crippen LogP contribution in [0.5, 0.6) is 0 Å². The van der Waals surface area contributed by atoms with Gasteiger partial charge in [0.25, 0.3) is 5.69 Å². The van der Waals surface area contributed by atoms with Gasteiger partial charge in [0.05, 0.1) is 11.5 Å². The predicted octanol–water partition coefficient (Wildman–Crippen LogP) is 2.86. The van der Waals surface area contributed by atoms with Gasteiger partial charge in [-0.25, -0.2) is 0 Å². The lowest BCUT2D eigenvalue weighted by Crippen LogP contribution is -2.04. The van der Waals surface area contributed by atoms with Crippen molar-refractivity contribution in [1.82, 2.24) is 20.2 Å². The monoisotopic (exact) mass is 309 g/mol. The van der Waals surface area contributed by atoms with Gasteiger partial charge >= 0.3 is 0 Å². The van der Waals surface area contributed by atoms with Gasteiger partial charge in [0.15, 0.2) is 0 Å². The number of nitrogens with zero attached hydrogens (tertiary/aromatic N) is 5. The van der Waals surface area contributed by atoms with E-state index in [9.17, 15) is 10.1 Å². The number of hydrogen-bond donors (Lipinski definition) is 0. The van der Waals surface area contributed by atoms with E-state index in [0.717, 1.165) is 17.5 Å². The van der Waals surface area contributed by atoms with Crippen LogP contribution in [-0.2, 0) is 13.0 Å². The van der Waals surface area contributed by atoms with E-state index in [-0.39, 0.29) is 5.69 Å². The maximum absolute atomic E-state index is 10.6. The Morgan fingerprint density at radius 2 is 1.70 bits per heavy atom. The number of nitro groups is 1. The SMILES string of the molecule is CCc1ccc(-c2nnn(Cc3ccc([N+](=O)[O-])cc3)n2)cc1. The molecule has 0 N–H and O–H groups in total. The first-order valence-electron chi connectivity index (χ1n) is 7.26. The standard InChI is InChI=1S/C16H15N5O2/c1-2-12-3-7-14(8-4-12)16-17-19-20(18-16)11-13-5-9-15(10-6-13)21(22)23/h3-10H,2,11H2,1H3. The molecule has 0 spiro atoms. The van der Waals surface area contributed by atoms with Crippen LogP contribution >= 0.6 is 0 Å². The van der Waals surface area contributed by atoms with Gasteiger partial charge in [-0.1, -0.05) is 43.3 Å². The number of aryl methyl sites for hydroxylation is 1. The van der Waals surface area contributed by atoms with Crippen molar-refractivity contribution in [2.24, 2.45) is 0 Å². The quantitative estimate of drug-likeness (QED) is 0.534. The minimum Gasteiger partial charge on any atom is -0.258 e. The molecule has 3 aromatic rings. The van der Waals surface area contributed by atoms with Crippen molar-refractivity contribution >= 4 is 5.69 Å². The molecule has 0 radical (unpaired) electrons. The molecule has 0 bridgehead atoms. The van der Waals surface area contributed by atoms with Crippen molar-refractivity contribution in [3.8, 4) is 11.4 Å². The van der Waals surface area contributed by atoms with Crippen molar-refractivity contribution in [1.29, 1.82) is 0 Å². The van der Waals surface area contributed by atoms with E-state index in [2.05, 4.69) is 22.3 Å². The highest BCUT2D eigenvalue weighted by atomic mass is 16.6. The summed E-state index contributed by atoms with van der Waals surface area (Å²) < 4.78 is 0. The molecule has 7 heteroatoms. The second-order valence-corrected chi connectivity index (χ2v) is 5.12. The lowest BCUT2D eigenvalue weighted by atomic mass is 10.1. The van der Waals surface area contributed by atoms with E-state index in [0.29, 0.717) is 12.4 Å². The maximum Gasteiger partial charge on any atom is 0.269 e. The predicted molar refractivity (Wildman–Crippen MR) is 84.8 cm³/mol. The zero-order chi connectivity index (χ0) is 16.2. The normalized spacial score (nSPS) is 10.7. The Balaban J connectivity index is 1.74. The van der Waals surface area contributed by atoms with E-state index in [4.69, 9.17) is 0 Å². The molecule has 0 saturated carbocycles. The molecule has 1 aromatic heterocycles. The van der Waals surface area contributed by atoms with Crippen LogP contribution < -0.4 is 0 Å². The number of non-ortho nitro benzene ring substituents is 1. The van der Waals surface area contributed by atoms with Crippen LogP contribution in [0.1, 0.15) is 18.1 Å². The Morgan fingerprint density at radius 3 is 2.30 bits per heavy atom. The maximum atomic E-state index is 10.6. The molecule has 1 heterocycles. The van der Waals surface area contributed by atoms with E-state index >= 15 is 0 Å². The summed E-state index contributed by atoms with van der Waals surface area (Å²) in [5.74, 6) is 0.564. The Labute approximate surface area is 132 Å². The minimum atomic E-state index is -0.421. The molecule has 0 fully saturated rings. The van der Waals surface area contributed by atoms with Gasteiger partial charge in [-0.15, -0.1) is 10.2 Å². The molecule has 7 nitrogen and oxygen atoms in total. The van der Waals surface area contributed by atoms with Crippen molar-refractivity contribution in [2.45, 2.75) is 19.9 Å². The highest BCUT2D eigenvalue weighted by Gasteiger charge is 2.08. The van der Waals surface area contributed by atoms with Gasteiger partial charge in [-0.3, -0.25) is 10.1 Å². The first-order chi connectivity index (χ1) is 11.2. The zero-order valence-electron chi connectivity index (χ0n) is 12.6. The van der Waals surface area contributed by atoms with Gasteiger partial charge in [-0.05, 0) is 22.8 Å². The topological polar surface area (TPSA) is 86.7 Å². The lowest BCUT2D eigenvalue weighted by Gasteiger charge is -1.99. The van der Waals surface area contributed by atoms with Crippen LogP contribution in [0.4, 0.5) is 5.69 Å². The number of nitro benzene ring substituents is 1. The molecule has 116 valence electrons. The van der Waals surface area contributed by atoms with Gasteiger partial charge in [-0.2, -0.15) is 4.80 Å². The molecule has 0 saturated heterocycles. The third-order valence-corrected chi connectivity index (χ3v) is 3.54. The summed E-state index contributed by atoms with van der Waals surface area (Å²) in [7, 11) is 0. The Bertz CT molecular complexity index is 809. The molecule has 0 unspecified atom stereocenters. The van der Waals surface area contributed by atoms with E-state index < -0.39 is 4.92 Å². The molecule has 0 aliphatic carbocycles. The van der Waals surface area contributed by atoms with Crippen LogP contribution in [0.2, 0.25) is 0 Å². The Morgan fingerprint density at radius 1 is 1.04 bits per heavy atom. The molecule has 0 amide bonds. The van der Waals surface area contributed by atoms with E-state index in [1.807, 2.05) is 24.3 Å². The fraction of sp³-hybridized carbons (Fsp3) is 0.188. The van der Waals surface area contributed by atoms with E-state index in [1.54, 1.807) is 12.1 Å². The van der Waals surface area contributed by atoms with Crippen molar-refractivity contribution in [2.75, 3.05) is 0 Å². The molecule has 0 aliphatic heterocycles. The van der Waals surface area contributed by atoms with Gasteiger partial charge in [0.1, 0.15) is 0 Å². The van der Waals surface area contributed by atoms with Crippen LogP contribution in [-0.4, -0.2) is 25.1 Å². The second-order valence-electron chi connectivity index (χ2n) is 5.12. The fourth-order valence-corrected chi connectivity index (χ4v) is 2.20. The van der Waals surface area contributed by atoms with Crippen molar-refractivity contribution in [3.63, 3.8) is 0 Å². The first-order valence-corrected chi connectivity index (χ1v) is 7.26. The van der Waals surface area contributed by atoms with Gasteiger partial charge < -0.3 is 0 Å². The van der Waals surface area contributed by atoms with Gasteiger partial charge in [0.2, 0.25) is 5.82 Å². The summed E-state index contributed by atoms with van der Waals surface area (Å²) in [6.45, 7) is 2.52. The summed E-state index contributed by atoms with van der Waals surface area (Å²) in [5, 5.41) is 23.1. The molecular formula is C16H15N5O2. The van der Waals surface area contributed by atoms with Crippen LogP contribution in [0.3, 0.4) is 0 Å². The van der Waals surface area contributed by atoms with Crippen LogP contribution in [0.25, 0.3) is 11.4 Å². The third kappa shape index (κ3) is 3.39. The Hall–Kier alpha value is -3.09. The number of tetrazole rings is 1. The lowest BCUT2D eigenvalue weighted by molar-refractivity contribution is -0.384. The molecule has 23 heavy (non-hydrogen) atoms. The average Bonchev–Trinajstić information content (AvgIpc) is 3.04. The number of hydrogen-bond acceptors (Lipinski definition) is 5. The molecular weight excluding hydrogens is 294 g/mol. The summed E-state index contributed by atoms with van der Waals surface area (Å²) in [6.07, 6.45) is 0.987. The largest absolute Gasteiger partial charge is 0.269 e. The summed E-state index contributed by atoms with van der Waals surface area (Å²) in [6, 6.07) is 14.4. The summed E-state index contributed by atoms with van der Waals surface area (Å²) in [5.41, 5.74) is 3.11. The Kier molecular flexibility index (Phi) is 4.09. The van der Waals surface area contributed by atoms with Gasteiger partial charge in [0, 0.05) is 17.7 Å². The molecule has 2 aromatic carbocycles. The van der Waals surface area contributed by atoms with Crippen LogP contribution in [0, 0.1) is 10.1 Å². The number of benzene rings is 2. The van der Waals surface area contributed by atoms with Crippen molar-refractivity contribution < 1.29 is 4.92 Å². The van der Waals surface area contributed by atoms with Crippen molar-refractivity contribution in [3.05, 3.63) is 69.8 Å².